The Labute approximate surface area is 96.7 Å². The Hall–Kier alpha value is -2.11. The highest BCUT2D eigenvalue weighted by Gasteiger charge is 2.19. The van der Waals surface area contributed by atoms with Crippen LogP contribution >= 0.6 is 0 Å². The minimum absolute atomic E-state index is 0.194. The number of hydrogen-bond acceptors (Lipinski definition) is 4. The molecule has 1 aliphatic rings. The van der Waals surface area contributed by atoms with Crippen LogP contribution in [-0.4, -0.2) is 21.7 Å². The van der Waals surface area contributed by atoms with Crippen molar-refractivity contribution in [2.24, 2.45) is 14.1 Å². The summed E-state index contributed by atoms with van der Waals surface area (Å²) in [5.74, 6) is -0.402. The topological polar surface area (TPSA) is 70.3 Å². The van der Waals surface area contributed by atoms with E-state index in [2.05, 4.69) is 0 Å². The van der Waals surface area contributed by atoms with Gasteiger partial charge in [-0.3, -0.25) is 9.36 Å². The number of aryl methyl sites for hydroxylation is 1. The zero-order valence-corrected chi connectivity index (χ0v) is 9.60. The van der Waals surface area contributed by atoms with Crippen molar-refractivity contribution in [3.8, 4) is 0 Å². The third-order valence-corrected chi connectivity index (χ3v) is 2.70. The molecular formula is C11H12N2O4. The number of hydrogen-bond donors (Lipinski definition) is 0. The van der Waals surface area contributed by atoms with Gasteiger partial charge in [-0.15, -0.1) is 0 Å². The van der Waals surface area contributed by atoms with E-state index in [0.29, 0.717) is 11.1 Å². The second-order valence-corrected chi connectivity index (χ2v) is 3.92. The van der Waals surface area contributed by atoms with Gasteiger partial charge in [0.1, 0.15) is 6.61 Å². The van der Waals surface area contributed by atoms with Gasteiger partial charge in [-0.25, -0.2) is 9.59 Å². The molecule has 1 aliphatic heterocycles. The highest BCUT2D eigenvalue weighted by Crippen LogP contribution is 2.10. The zero-order valence-electron chi connectivity index (χ0n) is 9.60. The third kappa shape index (κ3) is 1.93. The van der Waals surface area contributed by atoms with Gasteiger partial charge < -0.3 is 9.30 Å². The molecule has 90 valence electrons. The van der Waals surface area contributed by atoms with Crippen molar-refractivity contribution in [1.82, 2.24) is 9.13 Å². The van der Waals surface area contributed by atoms with Gasteiger partial charge in [0.2, 0.25) is 0 Å². The number of aromatic nitrogens is 2. The fraction of sp³-hybridized carbons (Fsp3) is 0.364. The van der Waals surface area contributed by atoms with Crippen LogP contribution in [0.2, 0.25) is 0 Å². The smallest absolute Gasteiger partial charge is 0.334 e. The first-order valence-corrected chi connectivity index (χ1v) is 5.12. The molecule has 0 saturated carbocycles. The minimum Gasteiger partial charge on any atom is -0.458 e. The third-order valence-electron chi connectivity index (χ3n) is 2.70. The standard InChI is InChI=1S/C11H12N2O4/c1-12-6-8(9(14)13(2)11(12)16)5-7-3-4-17-10(7)15/h3,6H,4-5H2,1-2H3. The van der Waals surface area contributed by atoms with E-state index in [9.17, 15) is 14.4 Å². The number of carbonyl (C=O) groups is 1. The molecule has 0 N–H and O–H groups in total. The molecule has 0 amide bonds. The van der Waals surface area contributed by atoms with Crippen molar-refractivity contribution in [2.75, 3.05) is 6.61 Å². The lowest BCUT2D eigenvalue weighted by molar-refractivity contribution is -0.136. The number of ether oxygens (including phenoxy) is 1. The molecule has 2 rings (SSSR count). The van der Waals surface area contributed by atoms with E-state index in [1.807, 2.05) is 0 Å². The van der Waals surface area contributed by atoms with E-state index in [4.69, 9.17) is 4.74 Å². The lowest BCUT2D eigenvalue weighted by Gasteiger charge is -2.06. The summed E-state index contributed by atoms with van der Waals surface area (Å²) in [7, 11) is 2.97. The molecule has 0 unspecified atom stereocenters. The number of rotatable bonds is 2. The van der Waals surface area contributed by atoms with Gasteiger partial charge in [-0.2, -0.15) is 0 Å². The van der Waals surface area contributed by atoms with E-state index in [-0.39, 0.29) is 24.3 Å². The molecule has 17 heavy (non-hydrogen) atoms. The Kier molecular flexibility index (Phi) is 2.71. The molecule has 0 aromatic carbocycles. The van der Waals surface area contributed by atoms with Crippen LogP contribution < -0.4 is 11.2 Å². The summed E-state index contributed by atoms with van der Waals surface area (Å²) in [5.41, 5.74) is 0.0934. The van der Waals surface area contributed by atoms with Crippen molar-refractivity contribution in [2.45, 2.75) is 6.42 Å². The van der Waals surface area contributed by atoms with Crippen molar-refractivity contribution in [3.05, 3.63) is 44.2 Å². The van der Waals surface area contributed by atoms with Crippen molar-refractivity contribution >= 4 is 5.97 Å². The quantitative estimate of drug-likeness (QED) is 0.624. The first-order valence-electron chi connectivity index (χ1n) is 5.12. The molecule has 0 bridgehead atoms. The summed E-state index contributed by atoms with van der Waals surface area (Å²) in [6, 6.07) is 0. The van der Waals surface area contributed by atoms with Gasteiger partial charge in [0.25, 0.3) is 5.56 Å². The lowest BCUT2D eigenvalue weighted by Crippen LogP contribution is -2.38. The van der Waals surface area contributed by atoms with Crippen LogP contribution in [0.3, 0.4) is 0 Å². The molecule has 1 aromatic heterocycles. The summed E-state index contributed by atoms with van der Waals surface area (Å²) in [6.45, 7) is 0.250. The Balaban J connectivity index is 2.44. The predicted molar refractivity (Wildman–Crippen MR) is 59.7 cm³/mol. The molecule has 0 atom stereocenters. The molecular weight excluding hydrogens is 224 g/mol. The average Bonchev–Trinajstić information content (AvgIpc) is 2.69. The Bertz CT molecular complexity index is 621. The highest BCUT2D eigenvalue weighted by molar-refractivity contribution is 5.90. The van der Waals surface area contributed by atoms with Gasteiger partial charge in [0.15, 0.2) is 0 Å². The van der Waals surface area contributed by atoms with Crippen LogP contribution in [0.4, 0.5) is 0 Å². The first-order chi connectivity index (χ1) is 8.00. The Morgan fingerprint density at radius 1 is 1.29 bits per heavy atom. The molecule has 0 aliphatic carbocycles. The van der Waals surface area contributed by atoms with E-state index in [1.165, 1.54) is 17.8 Å². The van der Waals surface area contributed by atoms with Gasteiger partial charge in [-0.1, -0.05) is 0 Å². The normalized spacial score (nSPS) is 14.7. The molecule has 0 spiro atoms. The van der Waals surface area contributed by atoms with Crippen LogP contribution in [0.25, 0.3) is 0 Å². The highest BCUT2D eigenvalue weighted by atomic mass is 16.5. The lowest BCUT2D eigenvalue weighted by atomic mass is 10.1. The van der Waals surface area contributed by atoms with Crippen molar-refractivity contribution < 1.29 is 9.53 Å². The maximum absolute atomic E-state index is 11.8. The van der Waals surface area contributed by atoms with Gasteiger partial charge in [0.05, 0.1) is 0 Å². The predicted octanol–water partition coefficient (Wildman–Crippen LogP) is -0.890. The Morgan fingerprint density at radius 2 is 2.00 bits per heavy atom. The summed E-state index contributed by atoms with van der Waals surface area (Å²) >= 11 is 0. The molecule has 1 aromatic rings. The Morgan fingerprint density at radius 3 is 2.59 bits per heavy atom. The molecule has 0 fully saturated rings. The maximum atomic E-state index is 11.8. The summed E-state index contributed by atoms with van der Waals surface area (Å²) in [5, 5.41) is 0. The average molecular weight is 236 g/mol. The van der Waals surface area contributed by atoms with E-state index >= 15 is 0 Å². The van der Waals surface area contributed by atoms with Crippen molar-refractivity contribution in [3.63, 3.8) is 0 Å². The first kappa shape index (κ1) is 11.4. The summed E-state index contributed by atoms with van der Waals surface area (Å²) < 4.78 is 7.09. The molecule has 0 saturated heterocycles. The number of esters is 1. The van der Waals surface area contributed by atoms with Gasteiger partial charge in [0, 0.05) is 37.8 Å². The SMILES string of the molecule is Cn1cc(CC2=CCOC2=O)c(=O)n(C)c1=O. The summed E-state index contributed by atoms with van der Waals surface area (Å²) in [4.78, 5) is 34.5. The van der Waals surface area contributed by atoms with E-state index in [0.717, 1.165) is 4.57 Å². The van der Waals surface area contributed by atoms with Crippen molar-refractivity contribution in [1.29, 1.82) is 0 Å². The van der Waals surface area contributed by atoms with Gasteiger partial charge >= 0.3 is 11.7 Å². The van der Waals surface area contributed by atoms with Crippen LogP contribution in [0, 0.1) is 0 Å². The molecule has 2 heterocycles. The monoisotopic (exact) mass is 236 g/mol. The van der Waals surface area contributed by atoms with Crippen LogP contribution in [0.15, 0.2) is 27.4 Å². The van der Waals surface area contributed by atoms with Gasteiger partial charge in [-0.05, 0) is 6.08 Å². The fourth-order valence-electron chi connectivity index (χ4n) is 1.75. The van der Waals surface area contributed by atoms with Crippen LogP contribution in [0.5, 0.6) is 0 Å². The number of cyclic esters (lactones) is 1. The maximum Gasteiger partial charge on any atom is 0.334 e. The number of nitrogens with zero attached hydrogens (tertiary/aromatic N) is 2. The molecule has 6 heteroatoms. The molecule has 6 nitrogen and oxygen atoms in total. The van der Waals surface area contributed by atoms with E-state index < -0.39 is 5.97 Å². The zero-order chi connectivity index (χ0) is 12.6. The molecule has 0 radical (unpaired) electrons. The second-order valence-electron chi connectivity index (χ2n) is 3.92. The second kappa shape index (κ2) is 4.04. The fourth-order valence-corrected chi connectivity index (χ4v) is 1.75. The van der Waals surface area contributed by atoms with Crippen LogP contribution in [-0.2, 0) is 30.0 Å². The summed E-state index contributed by atoms with van der Waals surface area (Å²) in [6.07, 6.45) is 3.30. The largest absolute Gasteiger partial charge is 0.458 e. The minimum atomic E-state index is -0.402. The van der Waals surface area contributed by atoms with Crippen LogP contribution in [0.1, 0.15) is 5.56 Å². The van der Waals surface area contributed by atoms with E-state index in [1.54, 1.807) is 13.1 Å². The number of carbonyl (C=O) groups excluding carboxylic acids is 1.